The molecule has 1 aromatic heterocycles. The zero-order valence-electron chi connectivity index (χ0n) is 17.2. The fourth-order valence-corrected chi connectivity index (χ4v) is 4.44. The van der Waals surface area contributed by atoms with E-state index in [4.69, 9.17) is 9.47 Å². The van der Waals surface area contributed by atoms with Gasteiger partial charge in [-0.3, -0.25) is 0 Å². The summed E-state index contributed by atoms with van der Waals surface area (Å²) in [5.74, 6) is 1.55. The van der Waals surface area contributed by atoms with Crippen LogP contribution in [0, 0.1) is 0 Å². The van der Waals surface area contributed by atoms with Crippen LogP contribution < -0.4 is 10.1 Å². The minimum absolute atomic E-state index is 0.0481. The third kappa shape index (κ3) is 5.78. The third-order valence-electron chi connectivity index (χ3n) is 5.16. The molecule has 1 N–H and O–H groups in total. The first-order chi connectivity index (χ1) is 15.2. The molecule has 1 atom stereocenters. The predicted octanol–water partition coefficient (Wildman–Crippen LogP) is 3.12. The van der Waals surface area contributed by atoms with Crippen LogP contribution in [0.25, 0.3) is 0 Å². The monoisotopic (exact) mass is 587 g/mol. The molecule has 6 nitrogen and oxygen atoms in total. The first-order valence-electron chi connectivity index (χ1n) is 10.4. The number of nitrogens with zero attached hydrogens (tertiary/aromatic N) is 2. The molecule has 2 aliphatic rings. The van der Waals surface area contributed by atoms with Gasteiger partial charge in [0.05, 0.1) is 13.2 Å². The van der Waals surface area contributed by atoms with E-state index in [0.717, 1.165) is 41.3 Å². The minimum atomic E-state index is -0.143. The molecule has 1 aromatic carbocycles. The van der Waals surface area contributed by atoms with E-state index in [0.29, 0.717) is 24.3 Å². The van der Waals surface area contributed by atoms with Crippen molar-refractivity contribution in [1.29, 1.82) is 0 Å². The summed E-state index contributed by atoms with van der Waals surface area (Å²) in [6.07, 6.45) is 18.1. The van der Waals surface area contributed by atoms with Gasteiger partial charge in [-0.15, -0.1) is 0 Å². The number of ether oxygens (including phenoxy) is 2. The Morgan fingerprint density at radius 3 is 3.06 bits per heavy atom. The number of fused-ring (bicyclic) bond motifs is 2. The summed E-state index contributed by atoms with van der Waals surface area (Å²) in [6, 6.07) is 5.75. The Labute approximate surface area is 193 Å². The van der Waals surface area contributed by atoms with Crippen LogP contribution in [0.3, 0.4) is 0 Å². The number of amides is 1. The molecule has 0 aliphatic carbocycles. The zero-order valence-corrected chi connectivity index (χ0v) is 20.1. The quantitative estimate of drug-likeness (QED) is 0.549. The molecule has 1 saturated heterocycles. The fraction of sp³-hybridized carbons (Fsp3) is 0.292. The summed E-state index contributed by atoms with van der Waals surface area (Å²) in [5.41, 5.74) is 1.60. The van der Waals surface area contributed by atoms with Crippen LogP contribution >= 0.6 is 0 Å². The first kappa shape index (κ1) is 21.7. The van der Waals surface area contributed by atoms with Gasteiger partial charge < -0.3 is 4.74 Å². The van der Waals surface area contributed by atoms with E-state index < -0.39 is 0 Å². The normalized spacial score (nSPS) is 19.7. The number of hydrogen-bond acceptors (Lipinski definition) is 4. The van der Waals surface area contributed by atoms with Gasteiger partial charge in [-0.2, -0.15) is 0 Å². The molecule has 0 saturated carbocycles. The molecule has 2 aromatic rings. The van der Waals surface area contributed by atoms with Crippen LogP contribution in [-0.2, 0) is 37.1 Å². The number of carbonyl (C=O) groups is 1. The maximum atomic E-state index is 12.9. The number of allylic oxidation sites excluding steroid dienone is 5. The van der Waals surface area contributed by atoms with Gasteiger partial charge in [0.15, 0.2) is 0 Å². The van der Waals surface area contributed by atoms with E-state index in [1.54, 1.807) is 6.20 Å². The van der Waals surface area contributed by atoms with Crippen molar-refractivity contribution in [2.45, 2.75) is 31.9 Å². The number of benzene rings is 1. The molecule has 1 unspecified atom stereocenters. The number of hydrogen-bond donors (Lipinski definition) is 1. The molecule has 4 rings (SSSR count). The van der Waals surface area contributed by atoms with Crippen molar-refractivity contribution >= 4 is 9.81 Å². The topological polar surface area (TPSA) is 65.4 Å². The SMILES string of the molecule is O=C1NC=CC=C[C](=[W])c2nccn2CCC=CCc2ccc(OC3CCOC3)cc21. The Morgan fingerprint density at radius 2 is 2.19 bits per heavy atom. The number of carbonyl (C=O) groups excluding carboxylic acids is 1. The molecule has 31 heavy (non-hydrogen) atoms. The van der Waals surface area contributed by atoms with E-state index in [2.05, 4.69) is 27.0 Å². The van der Waals surface area contributed by atoms with Gasteiger partial charge in [-0.1, -0.05) is 0 Å². The standard InChI is InChI=1S/C24H25N3O3.W/c28-24-22-17-20(30-21-11-16-29-18-21)10-9-19(22)7-3-2-6-14-27-15-13-25-23(27)8-4-1-5-12-26-24;/h1-5,9-10,12-13,15,17,21H,6-7,11,14,16,18H2,(H,26,28);. The van der Waals surface area contributed by atoms with Gasteiger partial charge in [-0.25, -0.2) is 0 Å². The van der Waals surface area contributed by atoms with Gasteiger partial charge in [0, 0.05) is 6.42 Å². The maximum absolute atomic E-state index is 12.9. The number of nitrogens with one attached hydrogen (secondary N) is 1. The van der Waals surface area contributed by atoms with Crippen molar-refractivity contribution in [3.8, 4) is 5.75 Å². The van der Waals surface area contributed by atoms with E-state index in [1.807, 2.05) is 48.8 Å². The fourth-order valence-electron chi connectivity index (χ4n) is 3.55. The molecule has 0 radical (unpaired) electrons. The molecule has 7 heteroatoms. The predicted molar refractivity (Wildman–Crippen MR) is 116 cm³/mol. The van der Waals surface area contributed by atoms with Crippen LogP contribution in [0.1, 0.15) is 34.6 Å². The second-order valence-corrected chi connectivity index (χ2v) is 8.97. The van der Waals surface area contributed by atoms with Crippen LogP contribution in [0.15, 0.2) is 67.2 Å². The van der Waals surface area contributed by atoms with E-state index in [1.165, 1.54) is 19.4 Å². The average molecular weight is 587 g/mol. The summed E-state index contributed by atoms with van der Waals surface area (Å²) in [5, 5.41) is 2.87. The van der Waals surface area contributed by atoms with Gasteiger partial charge >= 0.3 is 169 Å². The van der Waals surface area contributed by atoms with E-state index in [9.17, 15) is 4.79 Å². The number of aryl methyl sites for hydroxylation is 1. The van der Waals surface area contributed by atoms with Crippen molar-refractivity contribution in [1.82, 2.24) is 14.9 Å². The molecule has 160 valence electrons. The van der Waals surface area contributed by atoms with Crippen LogP contribution in [0.4, 0.5) is 0 Å². The number of aromatic nitrogens is 2. The third-order valence-corrected chi connectivity index (χ3v) is 6.31. The van der Waals surface area contributed by atoms with Crippen molar-refractivity contribution in [2.75, 3.05) is 13.2 Å². The molecule has 0 bridgehead atoms. The van der Waals surface area contributed by atoms with Crippen molar-refractivity contribution in [3.05, 3.63) is 84.1 Å². The molecule has 0 spiro atoms. The summed E-state index contributed by atoms with van der Waals surface area (Å²) in [6.45, 7) is 2.19. The molecular weight excluding hydrogens is 562 g/mol. The summed E-state index contributed by atoms with van der Waals surface area (Å²) in [7, 11) is 0. The van der Waals surface area contributed by atoms with Gasteiger partial charge in [0.2, 0.25) is 0 Å². The number of rotatable bonds is 2. The van der Waals surface area contributed by atoms with Crippen LogP contribution in [0.5, 0.6) is 5.75 Å². The Bertz CT molecular complexity index is 1030. The van der Waals surface area contributed by atoms with Crippen molar-refractivity contribution < 1.29 is 33.6 Å². The van der Waals surface area contributed by atoms with Crippen LogP contribution in [-0.4, -0.2) is 38.7 Å². The Balaban J connectivity index is 1.56. The van der Waals surface area contributed by atoms with Gasteiger partial charge in [0.1, 0.15) is 0 Å². The molecule has 1 amide bonds. The zero-order chi connectivity index (χ0) is 21.5. The second-order valence-electron chi connectivity index (χ2n) is 7.39. The number of imidazole rings is 1. The van der Waals surface area contributed by atoms with Crippen molar-refractivity contribution in [2.24, 2.45) is 0 Å². The van der Waals surface area contributed by atoms with Crippen LogP contribution in [0.2, 0.25) is 0 Å². The van der Waals surface area contributed by atoms with Gasteiger partial charge in [-0.05, 0) is 0 Å². The second kappa shape index (κ2) is 10.6. The summed E-state index contributed by atoms with van der Waals surface area (Å²) in [4.78, 5) is 17.4. The first-order valence-corrected chi connectivity index (χ1v) is 11.9. The average Bonchev–Trinajstić information content (AvgIpc) is 3.45. The Kier molecular flexibility index (Phi) is 7.44. The Morgan fingerprint density at radius 1 is 1.26 bits per heavy atom. The molecule has 2 aliphatic heterocycles. The molecule has 1 fully saturated rings. The van der Waals surface area contributed by atoms with E-state index in [-0.39, 0.29) is 12.0 Å². The Hall–Kier alpha value is -2.56. The summed E-state index contributed by atoms with van der Waals surface area (Å²) < 4.78 is 14.7. The van der Waals surface area contributed by atoms with Crippen molar-refractivity contribution in [3.63, 3.8) is 0 Å². The molecule has 3 heterocycles. The van der Waals surface area contributed by atoms with Gasteiger partial charge in [0.25, 0.3) is 0 Å². The summed E-state index contributed by atoms with van der Waals surface area (Å²) >= 11 is 1.35. The van der Waals surface area contributed by atoms with E-state index >= 15 is 0 Å². The molecular formula is C24H25N3O3W.